The minimum Gasteiger partial charge on any atom is -0.496 e. The number of carbonyl (C=O) groups excluding carboxylic acids is 2. The lowest BCUT2D eigenvalue weighted by Gasteiger charge is -2.10. The van der Waals surface area contributed by atoms with Crippen LogP contribution in [0, 0.1) is 10.5 Å². The molecule has 2 aromatic carbocycles. The first-order chi connectivity index (χ1) is 12.9. The SMILES string of the molecule is COc1ccc(C(=O)NNC(=S)NC(=O)/C=C/c2ccc(C)cc2)cc1I. The third-order valence-corrected chi connectivity index (χ3v) is 4.49. The first-order valence-corrected chi connectivity index (χ1v) is 9.37. The fourth-order valence-electron chi connectivity index (χ4n) is 2.03. The monoisotopic (exact) mass is 495 g/mol. The molecule has 0 aliphatic rings. The second-order valence-corrected chi connectivity index (χ2v) is 7.06. The number of hydrogen-bond acceptors (Lipinski definition) is 4. The van der Waals surface area contributed by atoms with E-state index in [-0.39, 0.29) is 11.0 Å². The predicted molar refractivity (Wildman–Crippen MR) is 117 cm³/mol. The molecule has 0 aliphatic heterocycles. The molecule has 0 aromatic heterocycles. The zero-order chi connectivity index (χ0) is 19.8. The molecule has 8 heteroatoms. The Morgan fingerprint density at radius 2 is 1.81 bits per heavy atom. The van der Waals surface area contributed by atoms with Crippen molar-refractivity contribution in [3.8, 4) is 5.75 Å². The van der Waals surface area contributed by atoms with E-state index in [1.807, 2.05) is 31.2 Å². The van der Waals surface area contributed by atoms with Gasteiger partial charge in [0.2, 0.25) is 5.91 Å². The van der Waals surface area contributed by atoms with Crippen molar-refractivity contribution in [3.63, 3.8) is 0 Å². The van der Waals surface area contributed by atoms with E-state index in [9.17, 15) is 9.59 Å². The molecular formula is C19H18IN3O3S. The summed E-state index contributed by atoms with van der Waals surface area (Å²) in [5.41, 5.74) is 7.41. The summed E-state index contributed by atoms with van der Waals surface area (Å²) in [6.45, 7) is 1.99. The summed E-state index contributed by atoms with van der Waals surface area (Å²) < 4.78 is 5.96. The van der Waals surface area contributed by atoms with Crippen molar-refractivity contribution < 1.29 is 14.3 Å². The molecule has 3 N–H and O–H groups in total. The van der Waals surface area contributed by atoms with Gasteiger partial charge in [-0.2, -0.15) is 0 Å². The average Bonchev–Trinajstić information content (AvgIpc) is 2.65. The van der Waals surface area contributed by atoms with Crippen molar-refractivity contribution >= 4 is 57.8 Å². The van der Waals surface area contributed by atoms with E-state index in [2.05, 4.69) is 38.8 Å². The number of methoxy groups -OCH3 is 1. The quantitative estimate of drug-likeness (QED) is 0.263. The lowest BCUT2D eigenvalue weighted by molar-refractivity contribution is -0.115. The summed E-state index contributed by atoms with van der Waals surface area (Å²) in [4.78, 5) is 24.0. The maximum absolute atomic E-state index is 12.1. The molecule has 0 heterocycles. The molecule has 0 saturated heterocycles. The van der Waals surface area contributed by atoms with Gasteiger partial charge in [0.1, 0.15) is 5.75 Å². The summed E-state index contributed by atoms with van der Waals surface area (Å²) in [7, 11) is 1.56. The summed E-state index contributed by atoms with van der Waals surface area (Å²) >= 11 is 7.08. The number of amides is 2. The number of thiocarbonyl (C=S) groups is 1. The van der Waals surface area contributed by atoms with E-state index in [4.69, 9.17) is 17.0 Å². The number of carbonyl (C=O) groups is 2. The summed E-state index contributed by atoms with van der Waals surface area (Å²) in [6, 6.07) is 12.7. The highest BCUT2D eigenvalue weighted by Crippen LogP contribution is 2.21. The molecule has 140 valence electrons. The lowest BCUT2D eigenvalue weighted by atomic mass is 10.1. The molecule has 0 spiro atoms. The Morgan fingerprint density at radius 3 is 2.44 bits per heavy atom. The van der Waals surface area contributed by atoms with Gasteiger partial charge in [-0.25, -0.2) is 0 Å². The molecule has 0 saturated carbocycles. The highest BCUT2D eigenvalue weighted by Gasteiger charge is 2.09. The minimum absolute atomic E-state index is 0.00915. The van der Waals surface area contributed by atoms with Gasteiger partial charge < -0.3 is 4.74 Å². The Hall–Kier alpha value is -2.46. The Balaban J connectivity index is 1.82. The lowest BCUT2D eigenvalue weighted by Crippen LogP contribution is -2.48. The fourth-order valence-corrected chi connectivity index (χ4v) is 2.91. The van der Waals surface area contributed by atoms with Crippen molar-refractivity contribution in [1.29, 1.82) is 0 Å². The van der Waals surface area contributed by atoms with Crippen LogP contribution < -0.4 is 20.9 Å². The molecule has 2 rings (SSSR count). The maximum Gasteiger partial charge on any atom is 0.269 e. The van der Waals surface area contributed by atoms with E-state index in [0.29, 0.717) is 11.3 Å². The first kappa shape index (κ1) is 20.8. The number of rotatable bonds is 4. The largest absolute Gasteiger partial charge is 0.496 e. The zero-order valence-corrected chi connectivity index (χ0v) is 17.7. The Morgan fingerprint density at radius 1 is 1.11 bits per heavy atom. The van der Waals surface area contributed by atoms with Gasteiger partial charge in [0, 0.05) is 11.6 Å². The van der Waals surface area contributed by atoms with Crippen LogP contribution in [0.2, 0.25) is 0 Å². The zero-order valence-electron chi connectivity index (χ0n) is 14.7. The molecule has 0 atom stereocenters. The molecule has 6 nitrogen and oxygen atoms in total. The van der Waals surface area contributed by atoms with Gasteiger partial charge in [-0.3, -0.25) is 25.8 Å². The van der Waals surface area contributed by atoms with Gasteiger partial charge in [0.25, 0.3) is 5.91 Å². The number of nitrogens with one attached hydrogen (secondary N) is 3. The maximum atomic E-state index is 12.1. The standard InChI is InChI=1S/C19H18IN3O3S/c1-12-3-5-13(6-4-12)7-10-17(24)21-19(27)23-22-18(25)14-8-9-16(26-2)15(20)11-14/h3-11H,1-2H3,(H,22,25)(H2,21,23,24,27)/b10-7+. The number of aryl methyl sites for hydroxylation is 1. The number of hydrazine groups is 1. The van der Waals surface area contributed by atoms with E-state index < -0.39 is 5.91 Å². The molecule has 2 amide bonds. The van der Waals surface area contributed by atoms with Crippen molar-refractivity contribution in [2.24, 2.45) is 0 Å². The molecule has 0 fully saturated rings. The van der Waals surface area contributed by atoms with Crippen LogP contribution in [0.4, 0.5) is 0 Å². The molecule has 0 bridgehead atoms. The first-order valence-electron chi connectivity index (χ1n) is 7.88. The predicted octanol–water partition coefficient (Wildman–Crippen LogP) is 2.96. The van der Waals surface area contributed by atoms with Gasteiger partial charge >= 0.3 is 0 Å². The number of halogens is 1. The van der Waals surface area contributed by atoms with Crippen LogP contribution in [0.25, 0.3) is 6.08 Å². The van der Waals surface area contributed by atoms with E-state index in [0.717, 1.165) is 14.7 Å². The smallest absolute Gasteiger partial charge is 0.269 e. The molecule has 0 unspecified atom stereocenters. The Labute approximate surface area is 176 Å². The van der Waals surface area contributed by atoms with Gasteiger partial charge in [-0.1, -0.05) is 29.8 Å². The third kappa shape index (κ3) is 6.65. The third-order valence-electron chi connectivity index (χ3n) is 3.44. The van der Waals surface area contributed by atoms with Crippen LogP contribution in [-0.2, 0) is 4.79 Å². The second kappa shape index (κ2) is 10.0. The molecule has 0 aliphatic carbocycles. The van der Waals surface area contributed by atoms with Crippen LogP contribution in [0.3, 0.4) is 0 Å². The van der Waals surface area contributed by atoms with Crippen molar-refractivity contribution in [2.45, 2.75) is 6.92 Å². The van der Waals surface area contributed by atoms with Crippen molar-refractivity contribution in [1.82, 2.24) is 16.2 Å². The van der Waals surface area contributed by atoms with Crippen LogP contribution in [0.1, 0.15) is 21.5 Å². The molecule has 27 heavy (non-hydrogen) atoms. The van der Waals surface area contributed by atoms with E-state index >= 15 is 0 Å². The molecule has 0 radical (unpaired) electrons. The molecule has 2 aromatic rings. The highest BCUT2D eigenvalue weighted by atomic mass is 127. The highest BCUT2D eigenvalue weighted by molar-refractivity contribution is 14.1. The van der Waals surface area contributed by atoms with Crippen LogP contribution in [0.15, 0.2) is 48.5 Å². The van der Waals surface area contributed by atoms with E-state index in [1.165, 1.54) is 6.08 Å². The summed E-state index contributed by atoms with van der Waals surface area (Å²) in [6.07, 6.45) is 3.04. The number of benzene rings is 2. The minimum atomic E-state index is -0.402. The van der Waals surface area contributed by atoms with Gasteiger partial charge in [-0.15, -0.1) is 0 Å². The van der Waals surface area contributed by atoms with Gasteiger partial charge in [-0.05, 0) is 71.6 Å². The van der Waals surface area contributed by atoms with Crippen molar-refractivity contribution in [3.05, 3.63) is 68.8 Å². The second-order valence-electron chi connectivity index (χ2n) is 5.49. The van der Waals surface area contributed by atoms with Crippen LogP contribution >= 0.6 is 34.8 Å². The summed E-state index contributed by atoms with van der Waals surface area (Å²) in [5.74, 6) is -0.105. The number of ether oxygens (including phenoxy) is 1. The molecular weight excluding hydrogens is 477 g/mol. The topological polar surface area (TPSA) is 79.5 Å². The van der Waals surface area contributed by atoms with Gasteiger partial charge in [0.15, 0.2) is 5.11 Å². The van der Waals surface area contributed by atoms with Gasteiger partial charge in [0.05, 0.1) is 10.7 Å². The van der Waals surface area contributed by atoms with Crippen LogP contribution in [0.5, 0.6) is 5.75 Å². The fraction of sp³-hybridized carbons (Fsp3) is 0.105. The van der Waals surface area contributed by atoms with Crippen LogP contribution in [-0.4, -0.2) is 24.0 Å². The van der Waals surface area contributed by atoms with Crippen molar-refractivity contribution in [2.75, 3.05) is 7.11 Å². The average molecular weight is 495 g/mol. The Bertz CT molecular complexity index is 882. The van der Waals surface area contributed by atoms with E-state index in [1.54, 1.807) is 31.4 Å². The summed E-state index contributed by atoms with van der Waals surface area (Å²) in [5, 5.41) is 2.45. The normalized spacial score (nSPS) is 10.3. The Kier molecular flexibility index (Phi) is 7.74. The number of hydrogen-bond donors (Lipinski definition) is 3.